The maximum absolute atomic E-state index is 12.6. The Balaban J connectivity index is 1.54. The van der Waals surface area contributed by atoms with E-state index < -0.39 is 0 Å². The first-order valence-corrected chi connectivity index (χ1v) is 10.5. The number of hydrogen-bond acceptors (Lipinski definition) is 4. The molecule has 1 aromatic heterocycles. The average molecular weight is 450 g/mol. The van der Waals surface area contributed by atoms with Crippen LogP contribution >= 0.6 is 23.8 Å². The molecule has 7 heteroatoms. The van der Waals surface area contributed by atoms with Gasteiger partial charge in [0.05, 0.1) is 0 Å². The van der Waals surface area contributed by atoms with Gasteiger partial charge in [-0.1, -0.05) is 35.4 Å². The Kier molecular flexibility index (Phi) is 5.76. The fourth-order valence-electron chi connectivity index (χ4n) is 3.31. The Hall–Kier alpha value is -3.22. The molecular weight excluding hydrogens is 430 g/mol. The zero-order valence-corrected chi connectivity index (χ0v) is 18.8. The molecule has 4 rings (SSSR count). The molecule has 0 aliphatic rings. The Morgan fingerprint density at radius 3 is 2.58 bits per heavy atom. The van der Waals surface area contributed by atoms with Crippen LogP contribution in [0.3, 0.4) is 0 Å². The number of fused-ring (bicyclic) bond motifs is 1. The van der Waals surface area contributed by atoms with E-state index in [2.05, 4.69) is 15.6 Å². The van der Waals surface area contributed by atoms with Crippen molar-refractivity contribution < 1.29 is 9.21 Å². The lowest BCUT2D eigenvalue weighted by Crippen LogP contribution is -2.34. The minimum absolute atomic E-state index is 0.217. The third-order valence-electron chi connectivity index (χ3n) is 4.94. The third kappa shape index (κ3) is 4.60. The number of thiocarbonyl (C=S) groups is 1. The van der Waals surface area contributed by atoms with Gasteiger partial charge in [-0.2, -0.15) is 0 Å². The number of benzene rings is 3. The second kappa shape index (κ2) is 8.49. The lowest BCUT2D eigenvalue weighted by atomic mass is 10.1. The van der Waals surface area contributed by atoms with E-state index in [1.54, 1.807) is 24.3 Å². The van der Waals surface area contributed by atoms with Crippen LogP contribution < -0.4 is 10.6 Å². The normalized spacial score (nSPS) is 10.8. The molecule has 0 aliphatic heterocycles. The Labute approximate surface area is 190 Å². The zero-order valence-electron chi connectivity index (χ0n) is 17.2. The highest BCUT2D eigenvalue weighted by molar-refractivity contribution is 7.80. The van der Waals surface area contributed by atoms with Crippen LogP contribution in [0.1, 0.15) is 27.0 Å². The first-order chi connectivity index (χ1) is 14.8. The van der Waals surface area contributed by atoms with Crippen LogP contribution in [0, 0.1) is 20.8 Å². The largest absolute Gasteiger partial charge is 0.436 e. The van der Waals surface area contributed by atoms with E-state index >= 15 is 0 Å². The summed E-state index contributed by atoms with van der Waals surface area (Å²) >= 11 is 11.4. The number of oxazole rings is 1. The first-order valence-electron chi connectivity index (χ1n) is 9.67. The zero-order chi connectivity index (χ0) is 22.1. The van der Waals surface area contributed by atoms with Crippen molar-refractivity contribution in [3.63, 3.8) is 0 Å². The Bertz CT molecular complexity index is 1330. The number of nitrogens with one attached hydrogen (secondary N) is 2. The predicted octanol–water partition coefficient (Wildman–Crippen LogP) is 6.20. The van der Waals surface area contributed by atoms with E-state index in [9.17, 15) is 4.79 Å². The average Bonchev–Trinajstić information content (AvgIpc) is 3.12. The molecule has 5 nitrogen and oxygen atoms in total. The number of halogens is 1. The molecule has 3 aromatic carbocycles. The number of hydrogen-bond donors (Lipinski definition) is 2. The number of anilines is 1. The second-order valence-electron chi connectivity index (χ2n) is 7.39. The van der Waals surface area contributed by atoms with Gasteiger partial charge in [0.2, 0.25) is 5.89 Å². The minimum Gasteiger partial charge on any atom is -0.436 e. The number of carbonyl (C=O) groups excluding carboxylic acids is 1. The Morgan fingerprint density at radius 2 is 1.81 bits per heavy atom. The maximum Gasteiger partial charge on any atom is 0.257 e. The van der Waals surface area contributed by atoms with Gasteiger partial charge in [-0.25, -0.2) is 4.98 Å². The van der Waals surface area contributed by atoms with Crippen molar-refractivity contribution in [1.29, 1.82) is 0 Å². The lowest BCUT2D eigenvalue weighted by Gasteiger charge is -2.13. The summed E-state index contributed by atoms with van der Waals surface area (Å²) in [7, 11) is 0. The minimum atomic E-state index is -0.250. The molecular formula is C24H20ClN3O2S. The van der Waals surface area contributed by atoms with Crippen molar-refractivity contribution in [3.8, 4) is 11.5 Å². The summed E-state index contributed by atoms with van der Waals surface area (Å²) in [6.07, 6.45) is 0. The Morgan fingerprint density at radius 1 is 1.00 bits per heavy atom. The van der Waals surface area contributed by atoms with Gasteiger partial charge in [-0.15, -0.1) is 0 Å². The van der Waals surface area contributed by atoms with Crippen molar-refractivity contribution in [1.82, 2.24) is 10.3 Å². The number of amides is 1. The van der Waals surface area contributed by atoms with Crippen molar-refractivity contribution >= 4 is 51.6 Å². The van der Waals surface area contributed by atoms with Crippen LogP contribution in [0.15, 0.2) is 59.0 Å². The molecule has 1 heterocycles. The van der Waals surface area contributed by atoms with E-state index in [1.807, 2.05) is 51.1 Å². The SMILES string of the molecule is Cc1ccc(C(=O)NC(=S)Nc2cc(-c3nc4cc(Cl)ccc4o3)ccc2C)c(C)c1. The number of nitrogens with zero attached hydrogens (tertiary/aromatic N) is 1. The van der Waals surface area contributed by atoms with E-state index in [4.69, 9.17) is 28.2 Å². The van der Waals surface area contributed by atoms with E-state index in [1.165, 1.54) is 0 Å². The third-order valence-corrected chi connectivity index (χ3v) is 5.38. The molecule has 0 bridgehead atoms. The summed E-state index contributed by atoms with van der Waals surface area (Å²) < 4.78 is 5.85. The summed E-state index contributed by atoms with van der Waals surface area (Å²) in [6, 6.07) is 16.7. The van der Waals surface area contributed by atoms with Crippen molar-refractivity contribution in [2.45, 2.75) is 20.8 Å². The van der Waals surface area contributed by atoms with Gasteiger partial charge in [-0.05, 0) is 80.5 Å². The van der Waals surface area contributed by atoms with Crippen LogP contribution in [-0.2, 0) is 0 Å². The fraction of sp³-hybridized carbons (Fsp3) is 0.125. The smallest absolute Gasteiger partial charge is 0.257 e. The van der Waals surface area contributed by atoms with Gasteiger partial charge in [0.15, 0.2) is 10.7 Å². The molecule has 0 saturated carbocycles. The van der Waals surface area contributed by atoms with Crippen LogP contribution in [0.25, 0.3) is 22.6 Å². The molecule has 0 aliphatic carbocycles. The fourth-order valence-corrected chi connectivity index (χ4v) is 3.68. The molecule has 0 fully saturated rings. The highest BCUT2D eigenvalue weighted by atomic mass is 35.5. The van der Waals surface area contributed by atoms with Gasteiger partial charge in [0.25, 0.3) is 5.91 Å². The van der Waals surface area contributed by atoms with Gasteiger partial charge in [-0.3, -0.25) is 10.1 Å². The molecule has 2 N–H and O–H groups in total. The molecule has 0 radical (unpaired) electrons. The standard InChI is InChI=1S/C24H20ClN3O2S/c1-13-4-8-18(15(3)10-13)22(29)28-24(31)27-19-11-16(6-5-14(19)2)23-26-20-12-17(25)7-9-21(20)30-23/h4-12H,1-3H3,(H2,27,28,29,31). The van der Waals surface area contributed by atoms with Crippen molar-refractivity contribution in [2.75, 3.05) is 5.32 Å². The number of carbonyl (C=O) groups is 1. The van der Waals surface area contributed by atoms with Gasteiger partial charge < -0.3 is 9.73 Å². The molecule has 1 amide bonds. The van der Waals surface area contributed by atoms with E-state index in [0.717, 1.165) is 27.9 Å². The van der Waals surface area contributed by atoms with Crippen LogP contribution in [0.2, 0.25) is 5.02 Å². The maximum atomic E-state index is 12.6. The second-order valence-corrected chi connectivity index (χ2v) is 8.23. The lowest BCUT2D eigenvalue weighted by molar-refractivity contribution is 0.0977. The highest BCUT2D eigenvalue weighted by Crippen LogP contribution is 2.29. The van der Waals surface area contributed by atoms with Crippen LogP contribution in [-0.4, -0.2) is 16.0 Å². The molecule has 0 unspecified atom stereocenters. The summed E-state index contributed by atoms with van der Waals surface area (Å²) in [5.41, 5.74) is 6.43. The molecule has 156 valence electrons. The summed E-state index contributed by atoms with van der Waals surface area (Å²) in [4.78, 5) is 17.1. The highest BCUT2D eigenvalue weighted by Gasteiger charge is 2.14. The topological polar surface area (TPSA) is 67.2 Å². The van der Waals surface area contributed by atoms with Crippen LogP contribution in [0.5, 0.6) is 0 Å². The quantitative estimate of drug-likeness (QED) is 0.364. The van der Waals surface area contributed by atoms with Crippen molar-refractivity contribution in [3.05, 3.63) is 81.9 Å². The summed E-state index contributed by atoms with van der Waals surface area (Å²) in [5, 5.41) is 6.67. The predicted molar refractivity (Wildman–Crippen MR) is 129 cm³/mol. The van der Waals surface area contributed by atoms with Gasteiger partial charge in [0.1, 0.15) is 5.52 Å². The molecule has 0 atom stereocenters. The summed E-state index contributed by atoms with van der Waals surface area (Å²) in [5.74, 6) is 0.227. The van der Waals surface area contributed by atoms with Crippen molar-refractivity contribution in [2.24, 2.45) is 0 Å². The molecule has 0 saturated heterocycles. The van der Waals surface area contributed by atoms with Crippen LogP contribution in [0.4, 0.5) is 5.69 Å². The van der Waals surface area contributed by atoms with Gasteiger partial charge in [0, 0.05) is 21.8 Å². The molecule has 0 spiro atoms. The number of aromatic nitrogens is 1. The van der Waals surface area contributed by atoms with E-state index in [-0.39, 0.29) is 11.0 Å². The summed E-state index contributed by atoms with van der Waals surface area (Å²) in [6.45, 7) is 5.84. The number of aryl methyl sites for hydroxylation is 3. The molecule has 4 aromatic rings. The van der Waals surface area contributed by atoms with E-state index in [0.29, 0.717) is 27.6 Å². The van der Waals surface area contributed by atoms with Gasteiger partial charge >= 0.3 is 0 Å². The first kappa shape index (κ1) is 21.0. The molecule has 31 heavy (non-hydrogen) atoms. The monoisotopic (exact) mass is 449 g/mol. The number of rotatable bonds is 3.